The van der Waals surface area contributed by atoms with Crippen molar-refractivity contribution in [3.63, 3.8) is 0 Å². The van der Waals surface area contributed by atoms with Crippen molar-refractivity contribution in [1.29, 1.82) is 0 Å². The summed E-state index contributed by atoms with van der Waals surface area (Å²) in [4.78, 5) is 20.7. The summed E-state index contributed by atoms with van der Waals surface area (Å²) < 4.78 is 5.56. The highest BCUT2D eigenvalue weighted by atomic mass is 16.5. The average molecular weight is 398 g/mol. The number of ether oxygens (including phenoxy) is 1. The minimum absolute atomic E-state index is 0.0758. The highest BCUT2D eigenvalue weighted by Crippen LogP contribution is 2.10. The Morgan fingerprint density at radius 2 is 2.00 bits per heavy atom. The van der Waals surface area contributed by atoms with E-state index < -0.39 is 0 Å². The first-order valence-corrected chi connectivity index (χ1v) is 9.96. The molecule has 0 atom stereocenters. The van der Waals surface area contributed by atoms with Crippen LogP contribution in [-0.2, 0) is 13.0 Å². The van der Waals surface area contributed by atoms with Crippen LogP contribution in [0.1, 0.15) is 42.3 Å². The smallest absolute Gasteiger partial charge is 0.251 e. The zero-order valence-electron chi connectivity index (χ0n) is 17.7. The van der Waals surface area contributed by atoms with Crippen LogP contribution in [0, 0.1) is 0 Å². The molecule has 0 bridgehead atoms. The summed E-state index contributed by atoms with van der Waals surface area (Å²) in [6.07, 6.45) is 2.68. The summed E-state index contributed by atoms with van der Waals surface area (Å²) in [7, 11) is 1.64. The first kappa shape index (κ1) is 22.2. The van der Waals surface area contributed by atoms with Gasteiger partial charge in [-0.25, -0.2) is 9.98 Å². The van der Waals surface area contributed by atoms with Gasteiger partial charge in [-0.05, 0) is 50.5 Å². The van der Waals surface area contributed by atoms with E-state index in [0.717, 1.165) is 30.1 Å². The molecule has 0 fully saturated rings. The standard InChI is InChI=1S/C22H31N5O2/c1-5-24-22(27-15-18-9-10-20(26-14-18)29-16(2)3)25-12-11-17-7-6-8-19(13-17)21(28)23-4/h6-10,13-14,16H,5,11-12,15H2,1-4H3,(H,23,28)(H2,24,25,27). The Morgan fingerprint density at radius 3 is 2.66 bits per heavy atom. The molecule has 2 aromatic rings. The Balaban J connectivity index is 1.90. The molecule has 1 heterocycles. The first-order chi connectivity index (χ1) is 14.0. The second kappa shape index (κ2) is 11.7. The summed E-state index contributed by atoms with van der Waals surface area (Å²) >= 11 is 0. The van der Waals surface area contributed by atoms with E-state index in [9.17, 15) is 4.79 Å². The maximum absolute atomic E-state index is 11.8. The average Bonchev–Trinajstić information content (AvgIpc) is 2.72. The van der Waals surface area contributed by atoms with Gasteiger partial charge in [0.1, 0.15) is 0 Å². The van der Waals surface area contributed by atoms with Crippen molar-refractivity contribution in [2.45, 2.75) is 39.8 Å². The molecule has 0 saturated carbocycles. The topological polar surface area (TPSA) is 87.6 Å². The molecule has 0 aliphatic heterocycles. The number of carbonyl (C=O) groups is 1. The van der Waals surface area contributed by atoms with Crippen molar-refractivity contribution in [2.24, 2.45) is 4.99 Å². The van der Waals surface area contributed by atoms with E-state index in [2.05, 4.69) is 25.9 Å². The van der Waals surface area contributed by atoms with Gasteiger partial charge in [0.05, 0.1) is 12.6 Å². The molecule has 0 spiro atoms. The lowest BCUT2D eigenvalue weighted by Crippen LogP contribution is -2.38. The summed E-state index contributed by atoms with van der Waals surface area (Å²) in [5.41, 5.74) is 2.78. The van der Waals surface area contributed by atoms with Gasteiger partial charge in [-0.2, -0.15) is 0 Å². The molecule has 29 heavy (non-hydrogen) atoms. The van der Waals surface area contributed by atoms with Crippen LogP contribution in [-0.4, -0.2) is 43.1 Å². The molecule has 1 aromatic carbocycles. The number of hydrogen-bond donors (Lipinski definition) is 3. The maximum atomic E-state index is 11.8. The number of nitrogens with zero attached hydrogens (tertiary/aromatic N) is 2. The van der Waals surface area contributed by atoms with E-state index in [1.807, 2.05) is 57.2 Å². The largest absolute Gasteiger partial charge is 0.475 e. The van der Waals surface area contributed by atoms with Crippen molar-refractivity contribution in [1.82, 2.24) is 20.9 Å². The number of amides is 1. The number of hydrogen-bond acceptors (Lipinski definition) is 4. The maximum Gasteiger partial charge on any atom is 0.251 e. The first-order valence-electron chi connectivity index (χ1n) is 9.96. The van der Waals surface area contributed by atoms with Crippen molar-refractivity contribution in [2.75, 3.05) is 20.1 Å². The summed E-state index contributed by atoms with van der Waals surface area (Å²) in [6, 6.07) is 11.5. The highest BCUT2D eigenvalue weighted by molar-refractivity contribution is 5.94. The van der Waals surface area contributed by atoms with Gasteiger partial charge >= 0.3 is 0 Å². The van der Waals surface area contributed by atoms with Crippen LogP contribution in [0.3, 0.4) is 0 Å². The van der Waals surface area contributed by atoms with Gasteiger partial charge in [-0.3, -0.25) is 4.79 Å². The van der Waals surface area contributed by atoms with Crippen LogP contribution >= 0.6 is 0 Å². The van der Waals surface area contributed by atoms with Crippen molar-refractivity contribution in [3.8, 4) is 5.88 Å². The minimum atomic E-state index is -0.0758. The predicted molar refractivity (Wildman–Crippen MR) is 116 cm³/mol. The fraction of sp³-hybridized carbons (Fsp3) is 0.409. The third-order valence-corrected chi connectivity index (χ3v) is 4.04. The number of carbonyl (C=O) groups excluding carboxylic acids is 1. The third kappa shape index (κ3) is 7.81. The summed E-state index contributed by atoms with van der Waals surface area (Å²) in [5, 5.41) is 9.23. The van der Waals surface area contributed by atoms with Crippen molar-refractivity contribution in [3.05, 3.63) is 59.3 Å². The van der Waals surface area contributed by atoms with Gasteiger partial charge in [0, 0.05) is 38.0 Å². The number of aromatic nitrogens is 1. The van der Waals surface area contributed by atoms with Crippen LogP contribution in [0.15, 0.2) is 47.6 Å². The monoisotopic (exact) mass is 397 g/mol. The molecular formula is C22H31N5O2. The Labute approximate surface area is 173 Å². The number of benzene rings is 1. The zero-order chi connectivity index (χ0) is 21.1. The Kier molecular flexibility index (Phi) is 8.95. The number of nitrogens with one attached hydrogen (secondary N) is 3. The molecule has 2 rings (SSSR count). The lowest BCUT2D eigenvalue weighted by molar-refractivity contribution is 0.0963. The second-order valence-electron chi connectivity index (χ2n) is 6.82. The number of rotatable bonds is 9. The van der Waals surface area contributed by atoms with Gasteiger partial charge in [-0.1, -0.05) is 18.2 Å². The Hall–Kier alpha value is -3.09. The SMILES string of the molecule is CCNC(=NCc1ccc(OC(C)C)nc1)NCCc1cccc(C(=O)NC)c1. The Bertz CT molecular complexity index is 803. The number of pyridine rings is 1. The van der Waals surface area contributed by atoms with Gasteiger partial charge in [0.15, 0.2) is 5.96 Å². The van der Waals surface area contributed by atoms with E-state index in [4.69, 9.17) is 4.74 Å². The van der Waals surface area contributed by atoms with Crippen molar-refractivity contribution >= 4 is 11.9 Å². The third-order valence-electron chi connectivity index (χ3n) is 4.04. The highest BCUT2D eigenvalue weighted by Gasteiger charge is 2.04. The van der Waals surface area contributed by atoms with Gasteiger partial charge in [0.2, 0.25) is 5.88 Å². The van der Waals surface area contributed by atoms with E-state index in [0.29, 0.717) is 24.5 Å². The van der Waals surface area contributed by atoms with E-state index in [-0.39, 0.29) is 12.0 Å². The molecule has 3 N–H and O–H groups in total. The van der Waals surface area contributed by atoms with E-state index >= 15 is 0 Å². The lowest BCUT2D eigenvalue weighted by Gasteiger charge is -2.12. The second-order valence-corrected chi connectivity index (χ2v) is 6.82. The van der Waals surface area contributed by atoms with Crippen LogP contribution in [0.5, 0.6) is 5.88 Å². The fourth-order valence-electron chi connectivity index (χ4n) is 2.67. The van der Waals surface area contributed by atoms with Crippen LogP contribution in [0.2, 0.25) is 0 Å². The van der Waals surface area contributed by atoms with Crippen molar-refractivity contribution < 1.29 is 9.53 Å². The van der Waals surface area contributed by atoms with E-state index in [1.54, 1.807) is 13.2 Å². The molecule has 0 saturated heterocycles. The molecular weight excluding hydrogens is 366 g/mol. The number of guanidine groups is 1. The molecule has 1 aromatic heterocycles. The minimum Gasteiger partial charge on any atom is -0.475 e. The quantitative estimate of drug-likeness (QED) is 0.447. The normalized spacial score (nSPS) is 11.3. The molecule has 0 aliphatic rings. The number of aliphatic imine (C=N–C) groups is 1. The molecule has 156 valence electrons. The molecule has 7 nitrogen and oxygen atoms in total. The molecule has 0 radical (unpaired) electrons. The molecule has 1 amide bonds. The van der Waals surface area contributed by atoms with E-state index in [1.165, 1.54) is 0 Å². The van der Waals surface area contributed by atoms with Gasteiger partial charge in [0.25, 0.3) is 5.91 Å². The lowest BCUT2D eigenvalue weighted by atomic mass is 10.1. The molecule has 0 aliphatic carbocycles. The fourth-order valence-corrected chi connectivity index (χ4v) is 2.67. The van der Waals surface area contributed by atoms with Crippen LogP contribution < -0.4 is 20.7 Å². The molecule has 0 unspecified atom stereocenters. The molecule has 7 heteroatoms. The zero-order valence-corrected chi connectivity index (χ0v) is 17.7. The van der Waals surface area contributed by atoms with Gasteiger partial charge < -0.3 is 20.7 Å². The van der Waals surface area contributed by atoms with Gasteiger partial charge in [-0.15, -0.1) is 0 Å². The Morgan fingerprint density at radius 1 is 1.17 bits per heavy atom. The summed E-state index contributed by atoms with van der Waals surface area (Å²) in [6.45, 7) is 7.99. The summed E-state index contributed by atoms with van der Waals surface area (Å²) in [5.74, 6) is 1.29. The van der Waals surface area contributed by atoms with Crippen LogP contribution in [0.4, 0.5) is 0 Å². The van der Waals surface area contributed by atoms with Crippen LogP contribution in [0.25, 0.3) is 0 Å². The predicted octanol–water partition coefficient (Wildman–Crippen LogP) is 2.53.